The minimum absolute atomic E-state index is 0.0610. The van der Waals surface area contributed by atoms with Crippen molar-refractivity contribution in [3.8, 4) is 11.8 Å². The van der Waals surface area contributed by atoms with Crippen LogP contribution in [0, 0.1) is 18.8 Å². The average molecular weight is 560 g/mol. The van der Waals surface area contributed by atoms with Crippen LogP contribution in [0.15, 0.2) is 55.0 Å². The van der Waals surface area contributed by atoms with Crippen molar-refractivity contribution in [2.24, 2.45) is 0 Å². The summed E-state index contributed by atoms with van der Waals surface area (Å²) in [5.74, 6) is 5.67. The van der Waals surface area contributed by atoms with Crippen molar-refractivity contribution in [2.75, 3.05) is 44.3 Å². The summed E-state index contributed by atoms with van der Waals surface area (Å²) in [7, 11) is 1.99. The number of hydrogen-bond donors (Lipinski definition) is 2. The average Bonchev–Trinajstić information content (AvgIpc) is 2.94. The Balaban J connectivity index is 1.38. The molecule has 8 nitrogen and oxygen atoms in total. The van der Waals surface area contributed by atoms with Crippen molar-refractivity contribution >= 4 is 28.4 Å². The molecule has 1 amide bonds. The Morgan fingerprint density at radius 1 is 1.02 bits per heavy atom. The van der Waals surface area contributed by atoms with Gasteiger partial charge >= 0.3 is 6.18 Å². The van der Waals surface area contributed by atoms with Gasteiger partial charge in [-0.25, -0.2) is 4.98 Å². The van der Waals surface area contributed by atoms with Gasteiger partial charge in [0.1, 0.15) is 16.9 Å². The molecular formula is C30H28F3N7O. The van der Waals surface area contributed by atoms with E-state index in [0.717, 1.165) is 24.7 Å². The first-order chi connectivity index (χ1) is 19.6. The van der Waals surface area contributed by atoms with Crippen LogP contribution in [0.25, 0.3) is 11.0 Å². The number of fused-ring (bicyclic) bond motifs is 1. The summed E-state index contributed by atoms with van der Waals surface area (Å²) in [5.41, 5.74) is 8.60. The molecule has 2 aromatic carbocycles. The first-order valence-electron chi connectivity index (χ1n) is 13.0. The van der Waals surface area contributed by atoms with Crippen molar-refractivity contribution in [2.45, 2.75) is 19.6 Å². The van der Waals surface area contributed by atoms with E-state index in [2.05, 4.69) is 37.0 Å². The molecule has 5 rings (SSSR count). The van der Waals surface area contributed by atoms with Crippen LogP contribution in [0.4, 0.5) is 24.7 Å². The van der Waals surface area contributed by atoms with Crippen LogP contribution in [0.5, 0.6) is 0 Å². The van der Waals surface area contributed by atoms with Crippen molar-refractivity contribution in [3.63, 3.8) is 0 Å². The fourth-order valence-corrected chi connectivity index (χ4v) is 4.61. The van der Waals surface area contributed by atoms with Gasteiger partial charge in [-0.2, -0.15) is 13.2 Å². The number of aromatic nitrogens is 3. The number of carbonyl (C=O) groups excluding carboxylic acids is 1. The van der Waals surface area contributed by atoms with E-state index >= 15 is 0 Å². The highest BCUT2D eigenvalue weighted by atomic mass is 19.4. The maximum atomic E-state index is 14.0. The summed E-state index contributed by atoms with van der Waals surface area (Å²) in [5, 5.41) is 2.61. The summed E-state index contributed by atoms with van der Waals surface area (Å²) in [6.07, 6.45) is 0.0366. The van der Waals surface area contributed by atoms with Gasteiger partial charge in [0.15, 0.2) is 0 Å². The fraction of sp³-hybridized carbons (Fsp3) is 0.267. The largest absolute Gasteiger partial charge is 0.416 e. The van der Waals surface area contributed by atoms with Crippen LogP contribution in [-0.4, -0.2) is 63.9 Å². The topological polar surface area (TPSA) is 100 Å². The molecule has 0 atom stereocenters. The van der Waals surface area contributed by atoms with Crippen molar-refractivity contribution in [3.05, 3.63) is 88.4 Å². The molecule has 0 saturated carbocycles. The fourth-order valence-electron chi connectivity index (χ4n) is 4.61. The van der Waals surface area contributed by atoms with E-state index in [0.29, 0.717) is 35.2 Å². The van der Waals surface area contributed by atoms with Gasteiger partial charge in [-0.05, 0) is 49.4 Å². The number of anilines is 2. The molecule has 0 unspecified atom stereocenters. The van der Waals surface area contributed by atoms with Crippen LogP contribution in [0.1, 0.15) is 38.2 Å². The number of amides is 1. The molecule has 1 aliphatic heterocycles. The Labute approximate surface area is 235 Å². The lowest BCUT2D eigenvalue weighted by molar-refractivity contribution is -0.138. The van der Waals surface area contributed by atoms with Gasteiger partial charge in [0.25, 0.3) is 5.91 Å². The predicted octanol–water partition coefficient (Wildman–Crippen LogP) is 4.33. The second kappa shape index (κ2) is 11.5. The Morgan fingerprint density at radius 2 is 1.78 bits per heavy atom. The van der Waals surface area contributed by atoms with Crippen LogP contribution in [-0.2, 0) is 12.7 Å². The number of pyridine rings is 1. The highest BCUT2D eigenvalue weighted by Gasteiger charge is 2.34. The first-order valence-corrected chi connectivity index (χ1v) is 13.0. The number of hydrogen-bond acceptors (Lipinski definition) is 7. The number of nitrogens with one attached hydrogen (secondary N) is 1. The first kappa shape index (κ1) is 28.0. The predicted molar refractivity (Wildman–Crippen MR) is 151 cm³/mol. The molecule has 41 heavy (non-hydrogen) atoms. The number of alkyl halides is 3. The van der Waals surface area contributed by atoms with Gasteiger partial charge in [0, 0.05) is 61.9 Å². The van der Waals surface area contributed by atoms with Crippen LogP contribution >= 0.6 is 0 Å². The molecule has 1 saturated heterocycles. The quantitative estimate of drug-likeness (QED) is 0.359. The molecule has 0 spiro atoms. The SMILES string of the molecule is Cc1ccc(C(=O)Nc2ccc(CN3CCN(C)CC3)c(C(F)(F)F)c2)cc1C#Cc1c(N)ncc2nccnc12. The van der Waals surface area contributed by atoms with Gasteiger partial charge in [0.2, 0.25) is 0 Å². The summed E-state index contributed by atoms with van der Waals surface area (Å²) in [6, 6.07) is 8.85. The smallest absolute Gasteiger partial charge is 0.383 e. The van der Waals surface area contributed by atoms with Gasteiger partial charge in [-0.15, -0.1) is 0 Å². The number of nitrogens with zero attached hydrogens (tertiary/aromatic N) is 5. The van der Waals surface area contributed by atoms with Gasteiger partial charge in [-0.1, -0.05) is 24.0 Å². The van der Waals surface area contributed by atoms with Crippen LogP contribution in [0.2, 0.25) is 0 Å². The van der Waals surface area contributed by atoms with E-state index < -0.39 is 17.6 Å². The lowest BCUT2D eigenvalue weighted by Crippen LogP contribution is -2.44. The Morgan fingerprint density at radius 3 is 2.54 bits per heavy atom. The van der Waals surface area contributed by atoms with E-state index in [1.54, 1.807) is 24.4 Å². The third-order valence-corrected chi connectivity index (χ3v) is 7.03. The van der Waals surface area contributed by atoms with E-state index in [1.807, 2.05) is 18.9 Å². The lowest BCUT2D eigenvalue weighted by atomic mass is 10.0. The molecule has 0 aliphatic carbocycles. The monoisotopic (exact) mass is 559 g/mol. The van der Waals surface area contributed by atoms with Crippen molar-refractivity contribution in [1.82, 2.24) is 24.8 Å². The Hall–Kier alpha value is -4.53. The number of piperazine rings is 1. The van der Waals surface area contributed by atoms with E-state index in [-0.39, 0.29) is 29.2 Å². The minimum atomic E-state index is -4.56. The maximum Gasteiger partial charge on any atom is 0.416 e. The molecule has 11 heteroatoms. The van der Waals surface area contributed by atoms with Gasteiger partial charge < -0.3 is 16.0 Å². The van der Waals surface area contributed by atoms with Crippen molar-refractivity contribution < 1.29 is 18.0 Å². The van der Waals surface area contributed by atoms with Crippen molar-refractivity contribution in [1.29, 1.82) is 0 Å². The number of aryl methyl sites for hydroxylation is 1. The maximum absolute atomic E-state index is 14.0. The number of benzene rings is 2. The molecule has 210 valence electrons. The van der Waals surface area contributed by atoms with Gasteiger partial charge in [0.05, 0.1) is 17.3 Å². The lowest BCUT2D eigenvalue weighted by Gasteiger charge is -2.33. The third kappa shape index (κ3) is 6.45. The summed E-state index contributed by atoms with van der Waals surface area (Å²) < 4.78 is 41.9. The standard InChI is InChI=1S/C30H28F3N7O/c1-19-3-4-21(15-20(19)6-8-24-27-26(17-37-28(24)34)35-9-10-36-27)29(41)38-23-7-5-22(25(16-23)30(31,32)33)18-40-13-11-39(2)12-14-40/h3-5,7,9-10,15-17H,11-14,18H2,1-2H3,(H2,34,37)(H,38,41). The number of rotatable bonds is 4. The number of carbonyl (C=O) groups is 1. The highest BCUT2D eigenvalue weighted by Crippen LogP contribution is 2.35. The molecule has 1 aliphatic rings. The Bertz CT molecular complexity index is 1670. The highest BCUT2D eigenvalue weighted by molar-refractivity contribution is 6.04. The number of halogens is 3. The molecule has 2 aromatic heterocycles. The third-order valence-electron chi connectivity index (χ3n) is 7.03. The molecule has 1 fully saturated rings. The minimum Gasteiger partial charge on any atom is -0.383 e. The number of nitrogen functional groups attached to an aromatic ring is 1. The second-order valence-electron chi connectivity index (χ2n) is 9.99. The zero-order valence-electron chi connectivity index (χ0n) is 22.6. The number of nitrogens with two attached hydrogens (primary N) is 1. The van der Waals surface area contributed by atoms with E-state index in [1.165, 1.54) is 24.5 Å². The zero-order valence-corrected chi connectivity index (χ0v) is 22.6. The van der Waals surface area contributed by atoms with Crippen LogP contribution in [0.3, 0.4) is 0 Å². The molecule has 3 heterocycles. The molecule has 0 bridgehead atoms. The van der Waals surface area contributed by atoms with Crippen LogP contribution < -0.4 is 11.1 Å². The zero-order chi connectivity index (χ0) is 29.1. The second-order valence-corrected chi connectivity index (χ2v) is 9.99. The van der Waals surface area contributed by atoms with E-state index in [4.69, 9.17) is 5.73 Å². The molecular weight excluding hydrogens is 531 g/mol. The normalized spacial score (nSPS) is 14.5. The summed E-state index contributed by atoms with van der Waals surface area (Å²) in [6.45, 7) is 5.03. The Kier molecular flexibility index (Phi) is 7.88. The molecule has 4 aromatic rings. The molecule has 3 N–H and O–H groups in total. The van der Waals surface area contributed by atoms with E-state index in [9.17, 15) is 18.0 Å². The van der Waals surface area contributed by atoms with Gasteiger partial charge in [-0.3, -0.25) is 19.7 Å². The summed E-state index contributed by atoms with van der Waals surface area (Å²) >= 11 is 0. The molecule has 0 radical (unpaired) electrons. The summed E-state index contributed by atoms with van der Waals surface area (Å²) in [4.78, 5) is 29.9. The number of likely N-dealkylation sites (N-methyl/N-ethyl adjacent to an activating group) is 1.